The normalized spacial score (nSPS) is 21.9. The molecule has 0 aromatic heterocycles. The molecule has 0 saturated carbocycles. The molecule has 21 heavy (non-hydrogen) atoms. The molecule has 116 valence electrons. The smallest absolute Gasteiger partial charge is 0.243 e. The summed E-state index contributed by atoms with van der Waals surface area (Å²) in [6, 6.07) is 5.70. The third-order valence-corrected chi connectivity index (χ3v) is 5.56. The van der Waals surface area contributed by atoms with E-state index in [1.165, 1.54) is 4.31 Å². The van der Waals surface area contributed by atoms with Gasteiger partial charge in [-0.1, -0.05) is 19.1 Å². The maximum atomic E-state index is 12.8. The number of piperazine rings is 1. The number of rotatable bonds is 4. The zero-order chi connectivity index (χ0) is 15.6. The van der Waals surface area contributed by atoms with Gasteiger partial charge in [0.25, 0.3) is 0 Å². The number of nitrogens with two attached hydrogens (primary N) is 1. The van der Waals surface area contributed by atoms with Crippen LogP contribution in [0.3, 0.4) is 0 Å². The first-order chi connectivity index (χ1) is 9.87. The van der Waals surface area contributed by atoms with Crippen LogP contribution in [0.5, 0.6) is 0 Å². The van der Waals surface area contributed by atoms with Crippen LogP contribution in [0.4, 0.5) is 0 Å². The summed E-state index contributed by atoms with van der Waals surface area (Å²) in [6.45, 7) is 4.22. The van der Waals surface area contributed by atoms with Crippen LogP contribution in [-0.2, 0) is 14.8 Å². The lowest BCUT2D eigenvalue weighted by molar-refractivity contribution is -0.126. The van der Waals surface area contributed by atoms with Crippen molar-refractivity contribution in [2.75, 3.05) is 13.1 Å². The molecule has 1 fully saturated rings. The van der Waals surface area contributed by atoms with Crippen LogP contribution < -0.4 is 11.1 Å². The summed E-state index contributed by atoms with van der Waals surface area (Å²) in [5.74, 6) is -0.240. The number of amides is 1. The molecule has 1 amide bonds. The fourth-order valence-corrected chi connectivity index (χ4v) is 4.18. The van der Waals surface area contributed by atoms with Gasteiger partial charge in [0.05, 0.1) is 4.90 Å². The molecule has 0 spiro atoms. The quantitative estimate of drug-likeness (QED) is 0.852. The Balaban J connectivity index is 2.41. The van der Waals surface area contributed by atoms with Gasteiger partial charge in [0.2, 0.25) is 15.9 Å². The SMILES string of the molecule is CCC1C(=O)NCCN1S(=O)(=O)c1cccc(C(C)N)c1. The van der Waals surface area contributed by atoms with E-state index in [2.05, 4.69) is 5.32 Å². The van der Waals surface area contributed by atoms with Crippen molar-refractivity contribution >= 4 is 15.9 Å². The second kappa shape index (κ2) is 6.13. The minimum Gasteiger partial charge on any atom is -0.353 e. The van der Waals surface area contributed by atoms with E-state index in [1.807, 2.05) is 0 Å². The van der Waals surface area contributed by atoms with Crippen LogP contribution in [-0.4, -0.2) is 37.8 Å². The number of hydrogen-bond acceptors (Lipinski definition) is 4. The molecule has 6 nitrogen and oxygen atoms in total. The van der Waals surface area contributed by atoms with Crippen LogP contribution in [0, 0.1) is 0 Å². The lowest BCUT2D eigenvalue weighted by atomic mass is 10.1. The molecule has 0 bridgehead atoms. The van der Waals surface area contributed by atoms with Crippen molar-refractivity contribution in [2.24, 2.45) is 5.73 Å². The number of nitrogens with zero attached hydrogens (tertiary/aromatic N) is 1. The number of benzene rings is 1. The predicted molar refractivity (Wildman–Crippen MR) is 80.0 cm³/mol. The van der Waals surface area contributed by atoms with Gasteiger partial charge in [0, 0.05) is 19.1 Å². The zero-order valence-corrected chi connectivity index (χ0v) is 13.1. The van der Waals surface area contributed by atoms with E-state index in [1.54, 1.807) is 38.1 Å². The number of carbonyl (C=O) groups is 1. The molecule has 0 aliphatic carbocycles. The highest BCUT2D eigenvalue weighted by Gasteiger charge is 2.37. The van der Waals surface area contributed by atoms with E-state index in [9.17, 15) is 13.2 Å². The third kappa shape index (κ3) is 3.09. The Kier molecular flexibility index (Phi) is 4.65. The van der Waals surface area contributed by atoms with Crippen molar-refractivity contribution in [3.05, 3.63) is 29.8 Å². The molecule has 1 aliphatic rings. The van der Waals surface area contributed by atoms with Gasteiger partial charge in [-0.25, -0.2) is 8.42 Å². The molecular formula is C14H21N3O3S. The van der Waals surface area contributed by atoms with Gasteiger partial charge in [-0.3, -0.25) is 4.79 Å². The first kappa shape index (κ1) is 15.9. The highest BCUT2D eigenvalue weighted by Crippen LogP contribution is 2.23. The summed E-state index contributed by atoms with van der Waals surface area (Å²) in [5.41, 5.74) is 6.56. The summed E-state index contributed by atoms with van der Waals surface area (Å²) < 4.78 is 26.8. The van der Waals surface area contributed by atoms with Crippen molar-refractivity contribution < 1.29 is 13.2 Å². The topological polar surface area (TPSA) is 92.5 Å². The standard InChI is InChI=1S/C14H21N3O3S/c1-3-13-14(18)16-7-8-17(13)21(19,20)12-6-4-5-11(9-12)10(2)15/h4-6,9-10,13H,3,7-8,15H2,1-2H3,(H,16,18). The second-order valence-electron chi connectivity index (χ2n) is 5.19. The van der Waals surface area contributed by atoms with Gasteiger partial charge in [-0.15, -0.1) is 0 Å². The van der Waals surface area contributed by atoms with Gasteiger partial charge in [-0.2, -0.15) is 4.31 Å². The third-order valence-electron chi connectivity index (χ3n) is 3.66. The van der Waals surface area contributed by atoms with Crippen molar-refractivity contribution in [1.82, 2.24) is 9.62 Å². The molecule has 1 aromatic rings. The molecule has 2 atom stereocenters. The van der Waals surface area contributed by atoms with E-state index < -0.39 is 16.1 Å². The van der Waals surface area contributed by atoms with Gasteiger partial charge in [-0.05, 0) is 31.0 Å². The molecule has 3 N–H and O–H groups in total. The van der Waals surface area contributed by atoms with E-state index in [-0.39, 0.29) is 23.4 Å². The highest BCUT2D eigenvalue weighted by atomic mass is 32.2. The Labute approximate surface area is 125 Å². The number of hydrogen-bond donors (Lipinski definition) is 2. The Hall–Kier alpha value is -1.44. The minimum absolute atomic E-state index is 0.186. The summed E-state index contributed by atoms with van der Waals surface area (Å²) in [7, 11) is -3.70. The molecular weight excluding hydrogens is 290 g/mol. The molecule has 2 unspecified atom stereocenters. The van der Waals surface area contributed by atoms with Crippen molar-refractivity contribution in [3.8, 4) is 0 Å². The Morgan fingerprint density at radius 1 is 1.48 bits per heavy atom. The summed E-state index contributed by atoms with van der Waals surface area (Å²) in [4.78, 5) is 12.0. The zero-order valence-electron chi connectivity index (χ0n) is 12.2. The summed E-state index contributed by atoms with van der Waals surface area (Å²) in [5, 5.41) is 2.70. The Morgan fingerprint density at radius 2 is 2.19 bits per heavy atom. The number of nitrogens with one attached hydrogen (secondary N) is 1. The molecule has 2 rings (SSSR count). The average molecular weight is 311 g/mol. The van der Waals surface area contributed by atoms with Crippen LogP contribution in [0.15, 0.2) is 29.2 Å². The summed E-state index contributed by atoms with van der Waals surface area (Å²) >= 11 is 0. The van der Waals surface area contributed by atoms with Crippen molar-refractivity contribution in [2.45, 2.75) is 37.2 Å². The predicted octanol–water partition coefficient (Wildman–Crippen LogP) is 0.605. The number of sulfonamides is 1. The van der Waals surface area contributed by atoms with Crippen LogP contribution >= 0.6 is 0 Å². The molecule has 1 saturated heterocycles. The maximum absolute atomic E-state index is 12.8. The second-order valence-corrected chi connectivity index (χ2v) is 7.08. The lowest BCUT2D eigenvalue weighted by Crippen LogP contribution is -2.56. The van der Waals surface area contributed by atoms with Crippen LogP contribution in [0.2, 0.25) is 0 Å². The van der Waals surface area contributed by atoms with Gasteiger partial charge in [0.15, 0.2) is 0 Å². The molecule has 1 heterocycles. The van der Waals surface area contributed by atoms with Crippen LogP contribution in [0.1, 0.15) is 31.9 Å². The van der Waals surface area contributed by atoms with E-state index in [0.717, 1.165) is 5.56 Å². The maximum Gasteiger partial charge on any atom is 0.243 e. The molecule has 7 heteroatoms. The van der Waals surface area contributed by atoms with Gasteiger partial charge >= 0.3 is 0 Å². The lowest BCUT2D eigenvalue weighted by Gasteiger charge is -2.33. The molecule has 1 aromatic carbocycles. The van der Waals surface area contributed by atoms with Gasteiger partial charge < -0.3 is 11.1 Å². The monoisotopic (exact) mass is 311 g/mol. The summed E-state index contributed by atoms with van der Waals surface area (Å²) in [6.07, 6.45) is 0.443. The molecule has 1 aliphatic heterocycles. The Bertz CT molecular complexity index is 628. The fraction of sp³-hybridized carbons (Fsp3) is 0.500. The van der Waals surface area contributed by atoms with Crippen molar-refractivity contribution in [3.63, 3.8) is 0 Å². The molecule has 0 radical (unpaired) electrons. The van der Waals surface area contributed by atoms with E-state index in [4.69, 9.17) is 5.73 Å². The van der Waals surface area contributed by atoms with Crippen LogP contribution in [0.25, 0.3) is 0 Å². The van der Waals surface area contributed by atoms with E-state index in [0.29, 0.717) is 13.0 Å². The average Bonchev–Trinajstić information content (AvgIpc) is 2.47. The van der Waals surface area contributed by atoms with E-state index >= 15 is 0 Å². The Morgan fingerprint density at radius 3 is 2.81 bits per heavy atom. The largest absolute Gasteiger partial charge is 0.353 e. The minimum atomic E-state index is -3.70. The first-order valence-corrected chi connectivity index (χ1v) is 8.47. The van der Waals surface area contributed by atoms with Crippen molar-refractivity contribution in [1.29, 1.82) is 0 Å². The first-order valence-electron chi connectivity index (χ1n) is 7.03. The fourth-order valence-electron chi connectivity index (χ4n) is 2.46. The highest BCUT2D eigenvalue weighted by molar-refractivity contribution is 7.89. The number of carbonyl (C=O) groups excluding carboxylic acids is 1. The van der Waals surface area contributed by atoms with Gasteiger partial charge in [0.1, 0.15) is 6.04 Å².